The maximum Gasteiger partial charge on any atom is 0.573 e. The van der Waals surface area contributed by atoms with E-state index in [1.807, 2.05) is 0 Å². The van der Waals surface area contributed by atoms with Crippen molar-refractivity contribution in [2.24, 2.45) is 0 Å². The predicted molar refractivity (Wildman–Crippen MR) is 53.3 cm³/mol. The van der Waals surface area contributed by atoms with Gasteiger partial charge < -0.3 is 4.74 Å². The fourth-order valence-corrected chi connectivity index (χ4v) is 1.52. The summed E-state index contributed by atoms with van der Waals surface area (Å²) in [7, 11) is 0. The van der Waals surface area contributed by atoms with Crippen LogP contribution in [0, 0.1) is 10.6 Å². The van der Waals surface area contributed by atoms with Gasteiger partial charge in [-0.05, 0) is 41.1 Å². The summed E-state index contributed by atoms with van der Waals surface area (Å²) in [6, 6.07) is 0.893. The Hall–Kier alpha value is -0.670. The molecule has 0 atom stereocenters. The lowest BCUT2D eigenvalue weighted by molar-refractivity contribution is -0.275. The molecule has 1 rings (SSSR count). The van der Waals surface area contributed by atoms with Gasteiger partial charge in [0.05, 0.1) is 0 Å². The minimum absolute atomic E-state index is 0.0466. The summed E-state index contributed by atoms with van der Waals surface area (Å²) < 4.78 is 63.8. The molecule has 0 aliphatic carbocycles. The molecule has 90 valence electrons. The Balaban J connectivity index is 3.11. The van der Waals surface area contributed by atoms with Gasteiger partial charge >= 0.3 is 6.36 Å². The molecular weight excluding hydrogens is 348 g/mol. The van der Waals surface area contributed by atoms with Crippen LogP contribution in [0.15, 0.2) is 6.07 Å². The number of pyridine rings is 1. The summed E-state index contributed by atoms with van der Waals surface area (Å²) in [5.74, 6) is -0.574. The van der Waals surface area contributed by atoms with Crippen LogP contribution in [0.5, 0.6) is 5.75 Å². The zero-order chi connectivity index (χ0) is 12.5. The summed E-state index contributed by atoms with van der Waals surface area (Å²) in [4.78, 5) is 3.37. The average molecular weight is 353 g/mol. The van der Waals surface area contributed by atoms with Gasteiger partial charge in [-0.1, -0.05) is 0 Å². The fraction of sp³-hybridized carbons (Fsp3) is 0.375. The average Bonchev–Trinajstić information content (AvgIpc) is 2.07. The molecule has 0 amide bonds. The third kappa shape index (κ3) is 3.42. The monoisotopic (exact) mass is 353 g/mol. The van der Waals surface area contributed by atoms with E-state index >= 15 is 0 Å². The van der Waals surface area contributed by atoms with Crippen molar-refractivity contribution < 1.29 is 26.7 Å². The van der Waals surface area contributed by atoms with E-state index in [1.165, 1.54) is 29.5 Å². The molecule has 0 saturated heterocycles. The van der Waals surface area contributed by atoms with Crippen molar-refractivity contribution in [3.63, 3.8) is 0 Å². The van der Waals surface area contributed by atoms with Gasteiger partial charge in [-0.2, -0.15) is 0 Å². The van der Waals surface area contributed by atoms with Gasteiger partial charge in [0.1, 0.15) is 9.39 Å². The van der Waals surface area contributed by atoms with Gasteiger partial charge in [0.15, 0.2) is 5.75 Å². The highest BCUT2D eigenvalue weighted by atomic mass is 127. The minimum Gasteiger partial charge on any atom is -0.403 e. The highest BCUT2D eigenvalue weighted by Gasteiger charge is 2.32. The Labute approximate surface area is 101 Å². The minimum atomic E-state index is -4.86. The van der Waals surface area contributed by atoms with Crippen LogP contribution >= 0.6 is 22.6 Å². The van der Waals surface area contributed by atoms with E-state index in [4.69, 9.17) is 0 Å². The molecule has 1 aromatic rings. The van der Waals surface area contributed by atoms with Crippen molar-refractivity contribution in [2.45, 2.75) is 19.7 Å². The Morgan fingerprint density at radius 1 is 1.38 bits per heavy atom. The topological polar surface area (TPSA) is 22.1 Å². The van der Waals surface area contributed by atoms with Crippen molar-refractivity contribution in [3.05, 3.63) is 21.0 Å². The highest BCUT2D eigenvalue weighted by molar-refractivity contribution is 14.1. The molecule has 1 aromatic heterocycles. The molecule has 0 saturated carbocycles. The maximum atomic E-state index is 12.3. The van der Waals surface area contributed by atoms with E-state index in [1.54, 1.807) is 0 Å². The number of halogens is 6. The first-order valence-corrected chi connectivity index (χ1v) is 4.99. The van der Waals surface area contributed by atoms with Gasteiger partial charge in [0.2, 0.25) is 0 Å². The number of ether oxygens (including phenoxy) is 1. The molecule has 0 radical (unpaired) electrons. The van der Waals surface area contributed by atoms with E-state index in [-0.39, 0.29) is 9.26 Å². The number of rotatable bonds is 2. The third-order valence-corrected chi connectivity index (χ3v) is 2.38. The molecule has 2 nitrogen and oxygen atoms in total. The summed E-state index contributed by atoms with van der Waals surface area (Å²) in [5, 5.41) is 0. The van der Waals surface area contributed by atoms with Gasteiger partial charge in [-0.25, -0.2) is 13.8 Å². The number of hydrogen-bond donors (Lipinski definition) is 0. The normalized spacial score (nSPS) is 12.0. The van der Waals surface area contributed by atoms with Gasteiger partial charge in [-0.15, -0.1) is 13.2 Å². The number of aromatic nitrogens is 1. The van der Waals surface area contributed by atoms with E-state index in [0.29, 0.717) is 0 Å². The lowest BCUT2D eigenvalue weighted by atomic mass is 10.2. The zero-order valence-corrected chi connectivity index (χ0v) is 9.94. The number of aryl methyl sites for hydroxylation is 1. The number of alkyl halides is 5. The van der Waals surface area contributed by atoms with Gasteiger partial charge in [0, 0.05) is 0 Å². The molecule has 0 unspecified atom stereocenters. The third-order valence-electron chi connectivity index (χ3n) is 1.61. The van der Waals surface area contributed by atoms with Crippen LogP contribution in [0.3, 0.4) is 0 Å². The van der Waals surface area contributed by atoms with Crippen molar-refractivity contribution in [1.82, 2.24) is 4.98 Å². The Kier molecular flexibility index (Phi) is 3.92. The van der Waals surface area contributed by atoms with Crippen LogP contribution in [0.4, 0.5) is 22.0 Å². The predicted octanol–water partition coefficient (Wildman–Crippen LogP) is 3.83. The largest absolute Gasteiger partial charge is 0.573 e. The van der Waals surface area contributed by atoms with Crippen LogP contribution in [-0.4, -0.2) is 11.3 Å². The number of nitrogens with zero attached hydrogens (tertiary/aromatic N) is 1. The lowest BCUT2D eigenvalue weighted by Gasteiger charge is -2.12. The first kappa shape index (κ1) is 13.4. The molecule has 8 heteroatoms. The Bertz CT molecular complexity index is 393. The van der Waals surface area contributed by atoms with E-state index < -0.39 is 24.2 Å². The maximum absolute atomic E-state index is 12.3. The summed E-state index contributed by atoms with van der Waals surface area (Å²) in [6.45, 7) is 1.24. The smallest absolute Gasteiger partial charge is 0.403 e. The summed E-state index contributed by atoms with van der Waals surface area (Å²) in [6.07, 6.45) is -7.69. The second-order valence-corrected chi connectivity index (χ2v) is 3.85. The second kappa shape index (κ2) is 4.68. The van der Waals surface area contributed by atoms with Crippen LogP contribution in [0.1, 0.15) is 17.7 Å². The molecule has 1 heterocycles. The first-order valence-electron chi connectivity index (χ1n) is 3.91. The van der Waals surface area contributed by atoms with Gasteiger partial charge in [-0.3, -0.25) is 0 Å². The molecule has 0 bridgehead atoms. The molecular formula is C8H5F5INO. The lowest BCUT2D eigenvalue weighted by Crippen LogP contribution is -2.18. The van der Waals surface area contributed by atoms with Crippen molar-refractivity contribution >= 4 is 22.6 Å². The fourth-order valence-electron chi connectivity index (χ4n) is 0.996. The summed E-state index contributed by atoms with van der Waals surface area (Å²) in [5.41, 5.74) is -0.589. The van der Waals surface area contributed by atoms with Crippen LogP contribution in [-0.2, 0) is 0 Å². The van der Waals surface area contributed by atoms with E-state index in [2.05, 4.69) is 9.72 Å². The highest BCUT2D eigenvalue weighted by Crippen LogP contribution is 2.31. The Morgan fingerprint density at radius 3 is 2.38 bits per heavy atom. The van der Waals surface area contributed by atoms with Crippen LogP contribution < -0.4 is 4.74 Å². The molecule has 16 heavy (non-hydrogen) atoms. The molecule has 0 aliphatic heterocycles. The molecule has 0 aromatic carbocycles. The van der Waals surface area contributed by atoms with Crippen LogP contribution in [0.25, 0.3) is 0 Å². The molecule has 0 aliphatic rings. The SMILES string of the molecule is Cc1cc(OC(F)(F)F)c(I)nc1C(F)F. The summed E-state index contributed by atoms with van der Waals surface area (Å²) >= 11 is 1.41. The van der Waals surface area contributed by atoms with Crippen molar-refractivity contribution in [3.8, 4) is 5.75 Å². The molecule has 0 fully saturated rings. The quantitative estimate of drug-likeness (QED) is 0.458. The van der Waals surface area contributed by atoms with E-state index in [0.717, 1.165) is 6.07 Å². The van der Waals surface area contributed by atoms with Crippen LogP contribution in [0.2, 0.25) is 0 Å². The standard InChI is InChI=1S/C8H5F5INO/c1-3-2-4(16-8(11,12)13)7(14)15-5(3)6(9)10/h2,6H,1H3. The molecule has 0 spiro atoms. The van der Waals surface area contributed by atoms with Crippen molar-refractivity contribution in [2.75, 3.05) is 0 Å². The van der Waals surface area contributed by atoms with Crippen molar-refractivity contribution in [1.29, 1.82) is 0 Å². The second-order valence-electron chi connectivity index (χ2n) is 2.83. The van der Waals surface area contributed by atoms with E-state index in [9.17, 15) is 22.0 Å². The Morgan fingerprint density at radius 2 is 1.94 bits per heavy atom. The number of hydrogen-bond acceptors (Lipinski definition) is 2. The van der Waals surface area contributed by atoms with Gasteiger partial charge in [0.25, 0.3) is 6.43 Å². The zero-order valence-electron chi connectivity index (χ0n) is 7.78. The molecule has 0 N–H and O–H groups in total. The first-order chi connectivity index (χ1) is 7.20.